The molecule has 0 heterocycles. The maximum Gasteiger partial charge on any atom is 0.508 e. The first kappa shape index (κ1) is 5.41. The Morgan fingerprint density at radius 1 is 1.62 bits per heavy atom. The Balaban J connectivity index is 2.07. The number of hydrogen-bond acceptors (Lipinski definition) is 3. The Kier molecular flexibility index (Phi) is 1.37. The zero-order chi connectivity index (χ0) is 5.98. The van der Waals surface area contributed by atoms with Crippen LogP contribution >= 0.6 is 0 Å². The topological polar surface area (TPSA) is 35.5 Å². The highest BCUT2D eigenvalue weighted by Crippen LogP contribution is 2.23. The van der Waals surface area contributed by atoms with E-state index in [1.165, 1.54) is 7.11 Å². The molecule has 1 rings (SSSR count). The number of methoxy groups -OCH3 is 1. The first-order valence-corrected chi connectivity index (χ1v) is 2.57. The number of carbonyl (C=O) groups excluding carboxylic acids is 1. The van der Waals surface area contributed by atoms with Gasteiger partial charge in [-0.05, 0) is 12.8 Å². The fourth-order valence-corrected chi connectivity index (χ4v) is 0.370. The van der Waals surface area contributed by atoms with Crippen molar-refractivity contribution in [2.24, 2.45) is 0 Å². The molecule has 0 unspecified atom stereocenters. The molecule has 0 aromatic carbocycles. The lowest BCUT2D eigenvalue weighted by Crippen LogP contribution is -2.04. The van der Waals surface area contributed by atoms with Crippen molar-refractivity contribution in [1.29, 1.82) is 0 Å². The normalized spacial score (nSPS) is 17.6. The van der Waals surface area contributed by atoms with E-state index in [9.17, 15) is 4.79 Å². The van der Waals surface area contributed by atoms with Crippen molar-refractivity contribution in [3.05, 3.63) is 0 Å². The quantitative estimate of drug-likeness (QED) is 0.478. The Labute approximate surface area is 47.6 Å². The van der Waals surface area contributed by atoms with Crippen molar-refractivity contribution < 1.29 is 14.3 Å². The fourth-order valence-electron chi connectivity index (χ4n) is 0.370. The summed E-state index contributed by atoms with van der Waals surface area (Å²) >= 11 is 0. The molecular weight excluding hydrogens is 108 g/mol. The summed E-state index contributed by atoms with van der Waals surface area (Å²) < 4.78 is 8.89. The van der Waals surface area contributed by atoms with Crippen molar-refractivity contribution in [3.63, 3.8) is 0 Å². The zero-order valence-corrected chi connectivity index (χ0v) is 4.72. The third-order valence-electron chi connectivity index (χ3n) is 0.954. The van der Waals surface area contributed by atoms with E-state index in [1.54, 1.807) is 0 Å². The monoisotopic (exact) mass is 116 g/mol. The largest absolute Gasteiger partial charge is 0.508 e. The standard InChI is InChI=1S/C5H8O3/c1-7-5(6)8-4-2-3-4/h4H,2-3H2,1H3. The molecule has 0 spiro atoms. The highest BCUT2D eigenvalue weighted by molar-refractivity contribution is 5.60. The molecule has 0 amide bonds. The molecule has 3 heteroatoms. The van der Waals surface area contributed by atoms with E-state index in [0.29, 0.717) is 0 Å². The number of rotatable bonds is 1. The van der Waals surface area contributed by atoms with Crippen molar-refractivity contribution in [2.45, 2.75) is 18.9 Å². The molecule has 0 aliphatic heterocycles. The van der Waals surface area contributed by atoms with Crippen LogP contribution in [-0.2, 0) is 9.47 Å². The summed E-state index contributed by atoms with van der Waals surface area (Å²) in [6.45, 7) is 0. The lowest BCUT2D eigenvalue weighted by atomic mass is 10.8. The van der Waals surface area contributed by atoms with Gasteiger partial charge in [0.1, 0.15) is 6.10 Å². The van der Waals surface area contributed by atoms with Crippen LogP contribution in [-0.4, -0.2) is 19.4 Å². The molecule has 0 radical (unpaired) electrons. The second-order valence-corrected chi connectivity index (χ2v) is 1.77. The number of carbonyl (C=O) groups is 1. The fraction of sp³-hybridized carbons (Fsp3) is 0.800. The maximum atomic E-state index is 10.2. The van der Waals surface area contributed by atoms with Crippen LogP contribution in [0.4, 0.5) is 4.79 Å². The molecule has 0 aromatic heterocycles. The summed E-state index contributed by atoms with van der Waals surface area (Å²) in [5.74, 6) is 0. The average Bonchev–Trinajstić information content (AvgIpc) is 2.50. The van der Waals surface area contributed by atoms with Gasteiger partial charge in [-0.1, -0.05) is 0 Å². The van der Waals surface area contributed by atoms with Gasteiger partial charge in [0.15, 0.2) is 0 Å². The van der Waals surface area contributed by atoms with Gasteiger partial charge in [0.05, 0.1) is 7.11 Å². The molecule has 0 saturated heterocycles. The third kappa shape index (κ3) is 1.40. The van der Waals surface area contributed by atoms with Crippen LogP contribution in [0, 0.1) is 0 Å². The maximum absolute atomic E-state index is 10.2. The van der Waals surface area contributed by atoms with Crippen LogP contribution in [0.15, 0.2) is 0 Å². The molecular formula is C5H8O3. The van der Waals surface area contributed by atoms with E-state index in [1.807, 2.05) is 0 Å². The van der Waals surface area contributed by atoms with E-state index in [2.05, 4.69) is 9.47 Å². The molecule has 0 aromatic rings. The van der Waals surface area contributed by atoms with Crippen LogP contribution in [0.5, 0.6) is 0 Å². The van der Waals surface area contributed by atoms with Crippen LogP contribution in [0.1, 0.15) is 12.8 Å². The molecule has 0 atom stereocenters. The SMILES string of the molecule is COC(=O)OC1CC1. The summed E-state index contributed by atoms with van der Waals surface area (Å²) in [5.41, 5.74) is 0. The van der Waals surface area contributed by atoms with Crippen molar-refractivity contribution in [1.82, 2.24) is 0 Å². The summed E-state index contributed by atoms with van der Waals surface area (Å²) in [7, 11) is 1.31. The first-order chi connectivity index (χ1) is 3.83. The van der Waals surface area contributed by atoms with Crippen LogP contribution in [0.3, 0.4) is 0 Å². The van der Waals surface area contributed by atoms with Crippen molar-refractivity contribution >= 4 is 6.16 Å². The van der Waals surface area contributed by atoms with Gasteiger partial charge in [0.25, 0.3) is 0 Å². The lowest BCUT2D eigenvalue weighted by Gasteiger charge is -1.96. The Bertz CT molecular complexity index is 95.8. The van der Waals surface area contributed by atoms with Gasteiger partial charge < -0.3 is 9.47 Å². The van der Waals surface area contributed by atoms with Gasteiger partial charge in [-0.25, -0.2) is 4.79 Å². The molecule has 1 aliphatic rings. The van der Waals surface area contributed by atoms with E-state index >= 15 is 0 Å². The Morgan fingerprint density at radius 3 is 2.62 bits per heavy atom. The Morgan fingerprint density at radius 2 is 2.25 bits per heavy atom. The van der Waals surface area contributed by atoms with Crippen molar-refractivity contribution in [3.8, 4) is 0 Å². The molecule has 46 valence electrons. The predicted molar refractivity (Wildman–Crippen MR) is 26.5 cm³/mol. The highest BCUT2D eigenvalue weighted by Gasteiger charge is 2.26. The average molecular weight is 116 g/mol. The van der Waals surface area contributed by atoms with Crippen LogP contribution < -0.4 is 0 Å². The van der Waals surface area contributed by atoms with Crippen LogP contribution in [0.2, 0.25) is 0 Å². The van der Waals surface area contributed by atoms with Crippen molar-refractivity contribution in [2.75, 3.05) is 7.11 Å². The minimum Gasteiger partial charge on any atom is -0.438 e. The number of hydrogen-bond donors (Lipinski definition) is 0. The second kappa shape index (κ2) is 2.03. The summed E-state index contributed by atoms with van der Waals surface area (Å²) in [5, 5.41) is 0. The molecule has 1 aliphatic carbocycles. The minimum atomic E-state index is -0.563. The van der Waals surface area contributed by atoms with E-state index in [-0.39, 0.29) is 6.10 Å². The van der Waals surface area contributed by atoms with Gasteiger partial charge >= 0.3 is 6.16 Å². The minimum absolute atomic E-state index is 0.155. The molecule has 1 fully saturated rings. The first-order valence-electron chi connectivity index (χ1n) is 2.57. The molecule has 0 bridgehead atoms. The third-order valence-corrected chi connectivity index (χ3v) is 0.954. The summed E-state index contributed by atoms with van der Waals surface area (Å²) in [6, 6.07) is 0. The molecule has 8 heavy (non-hydrogen) atoms. The highest BCUT2D eigenvalue weighted by atomic mass is 16.7. The van der Waals surface area contributed by atoms with Gasteiger partial charge in [0.2, 0.25) is 0 Å². The lowest BCUT2D eigenvalue weighted by molar-refractivity contribution is 0.0667. The van der Waals surface area contributed by atoms with Gasteiger partial charge in [-0.3, -0.25) is 0 Å². The van der Waals surface area contributed by atoms with Gasteiger partial charge in [0, 0.05) is 0 Å². The smallest absolute Gasteiger partial charge is 0.438 e. The molecule has 3 nitrogen and oxygen atoms in total. The van der Waals surface area contributed by atoms with Crippen LogP contribution in [0.25, 0.3) is 0 Å². The Hall–Kier alpha value is -0.730. The molecule has 0 N–H and O–H groups in total. The van der Waals surface area contributed by atoms with Gasteiger partial charge in [-0.15, -0.1) is 0 Å². The summed E-state index contributed by atoms with van der Waals surface area (Å²) in [6.07, 6.45) is 1.58. The second-order valence-electron chi connectivity index (χ2n) is 1.77. The van der Waals surface area contributed by atoms with Gasteiger partial charge in [-0.2, -0.15) is 0 Å². The molecule has 1 saturated carbocycles. The zero-order valence-electron chi connectivity index (χ0n) is 4.72. The van der Waals surface area contributed by atoms with E-state index in [4.69, 9.17) is 0 Å². The predicted octanol–water partition coefficient (Wildman–Crippen LogP) is 0.932. The van der Waals surface area contributed by atoms with E-state index < -0.39 is 6.16 Å². The summed E-state index contributed by atoms with van der Waals surface area (Å²) in [4.78, 5) is 10.2. The van der Waals surface area contributed by atoms with E-state index in [0.717, 1.165) is 12.8 Å². The number of ether oxygens (including phenoxy) is 2.